The SMILES string of the molecule is C=CCc1nocc1I. The molecule has 0 saturated carbocycles. The standard InChI is InChI=1S/C6H6INO/c1-2-3-6-5(7)4-9-8-6/h2,4H,1,3H2. The molecule has 0 aliphatic carbocycles. The van der Waals surface area contributed by atoms with Crippen LogP contribution in [0.2, 0.25) is 0 Å². The quantitative estimate of drug-likeness (QED) is 0.578. The molecule has 0 bridgehead atoms. The molecule has 0 fully saturated rings. The summed E-state index contributed by atoms with van der Waals surface area (Å²) < 4.78 is 5.76. The first-order valence-electron chi connectivity index (χ1n) is 2.54. The Hall–Kier alpha value is -0.320. The van der Waals surface area contributed by atoms with Crippen molar-refractivity contribution >= 4 is 22.6 Å². The van der Waals surface area contributed by atoms with E-state index in [2.05, 4.69) is 34.3 Å². The van der Waals surface area contributed by atoms with Gasteiger partial charge in [-0.25, -0.2) is 0 Å². The number of rotatable bonds is 2. The topological polar surface area (TPSA) is 26.0 Å². The molecule has 1 aromatic heterocycles. The fraction of sp³-hybridized carbons (Fsp3) is 0.167. The third-order valence-corrected chi connectivity index (χ3v) is 1.81. The molecule has 48 valence electrons. The van der Waals surface area contributed by atoms with Crippen LogP contribution in [0.1, 0.15) is 5.69 Å². The first kappa shape index (κ1) is 6.80. The highest BCUT2D eigenvalue weighted by Gasteiger charge is 1.99. The Morgan fingerprint density at radius 1 is 1.89 bits per heavy atom. The summed E-state index contributed by atoms with van der Waals surface area (Å²) in [6.07, 6.45) is 4.22. The van der Waals surface area contributed by atoms with Gasteiger partial charge in [0.05, 0.1) is 3.57 Å². The van der Waals surface area contributed by atoms with E-state index in [9.17, 15) is 0 Å². The van der Waals surface area contributed by atoms with Gasteiger partial charge in [0.15, 0.2) is 0 Å². The Kier molecular flexibility index (Phi) is 2.27. The van der Waals surface area contributed by atoms with Gasteiger partial charge in [-0.15, -0.1) is 6.58 Å². The van der Waals surface area contributed by atoms with E-state index in [4.69, 9.17) is 4.52 Å². The van der Waals surface area contributed by atoms with E-state index < -0.39 is 0 Å². The monoisotopic (exact) mass is 235 g/mol. The van der Waals surface area contributed by atoms with E-state index in [0.717, 1.165) is 15.7 Å². The van der Waals surface area contributed by atoms with Gasteiger partial charge in [-0.3, -0.25) is 0 Å². The number of aromatic nitrogens is 1. The second-order valence-electron chi connectivity index (χ2n) is 1.60. The highest BCUT2D eigenvalue weighted by atomic mass is 127. The van der Waals surface area contributed by atoms with Crippen LogP contribution in [-0.4, -0.2) is 5.16 Å². The zero-order valence-corrected chi connectivity index (χ0v) is 6.96. The summed E-state index contributed by atoms with van der Waals surface area (Å²) in [6, 6.07) is 0. The van der Waals surface area contributed by atoms with Crippen molar-refractivity contribution < 1.29 is 4.52 Å². The van der Waals surface area contributed by atoms with Crippen LogP contribution in [0, 0.1) is 3.57 Å². The molecule has 0 N–H and O–H groups in total. The van der Waals surface area contributed by atoms with Crippen molar-refractivity contribution in [2.24, 2.45) is 0 Å². The fourth-order valence-corrected chi connectivity index (χ4v) is 0.952. The van der Waals surface area contributed by atoms with Crippen molar-refractivity contribution in [3.05, 3.63) is 28.2 Å². The predicted octanol–water partition coefficient (Wildman–Crippen LogP) is 2.01. The highest BCUT2D eigenvalue weighted by Crippen LogP contribution is 2.09. The first-order valence-corrected chi connectivity index (χ1v) is 3.62. The molecule has 0 aliphatic heterocycles. The van der Waals surface area contributed by atoms with Gasteiger partial charge in [0, 0.05) is 6.42 Å². The molecule has 0 atom stereocenters. The van der Waals surface area contributed by atoms with E-state index in [-0.39, 0.29) is 0 Å². The molecule has 0 amide bonds. The number of nitrogens with zero attached hydrogens (tertiary/aromatic N) is 1. The second kappa shape index (κ2) is 3.00. The molecular formula is C6H6INO. The van der Waals surface area contributed by atoms with Gasteiger partial charge < -0.3 is 4.52 Å². The normalized spacial score (nSPS) is 9.44. The average molecular weight is 235 g/mol. The van der Waals surface area contributed by atoms with E-state index >= 15 is 0 Å². The van der Waals surface area contributed by atoms with E-state index in [1.165, 1.54) is 0 Å². The van der Waals surface area contributed by atoms with Gasteiger partial charge >= 0.3 is 0 Å². The molecular weight excluding hydrogens is 229 g/mol. The molecule has 2 nitrogen and oxygen atoms in total. The van der Waals surface area contributed by atoms with Crippen molar-refractivity contribution in [1.29, 1.82) is 0 Å². The lowest BCUT2D eigenvalue weighted by Crippen LogP contribution is -1.81. The zero-order chi connectivity index (χ0) is 6.69. The Morgan fingerprint density at radius 2 is 2.67 bits per heavy atom. The molecule has 3 heteroatoms. The van der Waals surface area contributed by atoms with Crippen molar-refractivity contribution in [3.63, 3.8) is 0 Å². The minimum Gasteiger partial charge on any atom is -0.363 e. The van der Waals surface area contributed by atoms with Crippen molar-refractivity contribution in [2.75, 3.05) is 0 Å². The summed E-state index contributed by atoms with van der Waals surface area (Å²) in [5.41, 5.74) is 0.964. The predicted molar refractivity (Wildman–Crippen MR) is 43.1 cm³/mol. The van der Waals surface area contributed by atoms with Crippen LogP contribution >= 0.6 is 22.6 Å². The van der Waals surface area contributed by atoms with E-state index in [1.807, 2.05) is 0 Å². The Labute approximate surface area is 67.1 Å². The van der Waals surface area contributed by atoms with Gasteiger partial charge in [-0.1, -0.05) is 11.2 Å². The number of hydrogen-bond acceptors (Lipinski definition) is 2. The third-order valence-electron chi connectivity index (χ3n) is 0.932. The van der Waals surface area contributed by atoms with Crippen LogP contribution in [0.5, 0.6) is 0 Å². The zero-order valence-electron chi connectivity index (χ0n) is 4.80. The molecule has 1 heterocycles. The smallest absolute Gasteiger partial charge is 0.137 e. The summed E-state index contributed by atoms with van der Waals surface area (Å²) in [6.45, 7) is 3.59. The largest absolute Gasteiger partial charge is 0.363 e. The molecule has 0 aromatic carbocycles. The van der Waals surface area contributed by atoms with Crippen LogP contribution in [0.15, 0.2) is 23.4 Å². The van der Waals surface area contributed by atoms with Crippen molar-refractivity contribution in [3.8, 4) is 0 Å². The van der Waals surface area contributed by atoms with E-state index in [0.29, 0.717) is 0 Å². The molecule has 0 spiro atoms. The Morgan fingerprint density at radius 3 is 3.11 bits per heavy atom. The van der Waals surface area contributed by atoms with E-state index in [1.54, 1.807) is 12.3 Å². The van der Waals surface area contributed by atoms with Crippen LogP contribution in [0.25, 0.3) is 0 Å². The summed E-state index contributed by atoms with van der Waals surface area (Å²) >= 11 is 2.17. The molecule has 0 radical (unpaired) electrons. The lowest BCUT2D eigenvalue weighted by atomic mass is 10.3. The molecule has 1 aromatic rings. The Balaban J connectivity index is 2.80. The summed E-state index contributed by atoms with van der Waals surface area (Å²) in [4.78, 5) is 0. The maximum Gasteiger partial charge on any atom is 0.137 e. The summed E-state index contributed by atoms with van der Waals surface area (Å²) in [5, 5.41) is 3.75. The van der Waals surface area contributed by atoms with Gasteiger partial charge in [-0.2, -0.15) is 0 Å². The van der Waals surface area contributed by atoms with Gasteiger partial charge in [0.1, 0.15) is 12.0 Å². The van der Waals surface area contributed by atoms with Crippen molar-refractivity contribution in [1.82, 2.24) is 5.16 Å². The maximum absolute atomic E-state index is 4.69. The highest BCUT2D eigenvalue weighted by molar-refractivity contribution is 14.1. The van der Waals surface area contributed by atoms with Gasteiger partial charge in [0.25, 0.3) is 0 Å². The molecule has 0 saturated heterocycles. The maximum atomic E-state index is 4.69. The lowest BCUT2D eigenvalue weighted by molar-refractivity contribution is 0.413. The minimum absolute atomic E-state index is 0.786. The fourth-order valence-electron chi connectivity index (χ4n) is 0.519. The van der Waals surface area contributed by atoms with Crippen LogP contribution in [0.4, 0.5) is 0 Å². The summed E-state index contributed by atoms with van der Waals surface area (Å²) in [5.74, 6) is 0. The van der Waals surface area contributed by atoms with Crippen LogP contribution in [-0.2, 0) is 6.42 Å². The molecule has 0 aliphatic rings. The summed E-state index contributed by atoms with van der Waals surface area (Å²) in [7, 11) is 0. The number of hydrogen-bond donors (Lipinski definition) is 0. The van der Waals surface area contributed by atoms with Crippen molar-refractivity contribution in [2.45, 2.75) is 6.42 Å². The number of halogens is 1. The average Bonchev–Trinajstić information content (AvgIpc) is 2.18. The Bertz CT molecular complexity index is 207. The van der Waals surface area contributed by atoms with Crippen LogP contribution < -0.4 is 0 Å². The third kappa shape index (κ3) is 1.54. The minimum atomic E-state index is 0.786. The first-order chi connectivity index (χ1) is 4.34. The second-order valence-corrected chi connectivity index (χ2v) is 2.76. The molecule has 0 unspecified atom stereocenters. The lowest BCUT2D eigenvalue weighted by Gasteiger charge is -1.83. The van der Waals surface area contributed by atoms with Gasteiger partial charge in [0.2, 0.25) is 0 Å². The van der Waals surface area contributed by atoms with Gasteiger partial charge in [-0.05, 0) is 22.6 Å². The molecule has 9 heavy (non-hydrogen) atoms. The van der Waals surface area contributed by atoms with Crippen LogP contribution in [0.3, 0.4) is 0 Å². The number of allylic oxidation sites excluding steroid dienone is 1. The molecule has 1 rings (SSSR count).